The first-order valence-electron chi connectivity index (χ1n) is 8.34. The number of nitrogens with one attached hydrogen (secondary N) is 2. The van der Waals surface area contributed by atoms with E-state index in [0.717, 1.165) is 16.8 Å². The minimum atomic E-state index is -3.51. The summed E-state index contributed by atoms with van der Waals surface area (Å²) in [6.07, 6.45) is 0. The summed E-state index contributed by atoms with van der Waals surface area (Å²) >= 11 is 0. The summed E-state index contributed by atoms with van der Waals surface area (Å²) in [6, 6.07) is 15.2. The van der Waals surface area contributed by atoms with Crippen LogP contribution in [0.15, 0.2) is 53.4 Å². The molecule has 6 heteroatoms. The highest BCUT2D eigenvalue weighted by Gasteiger charge is 2.22. The lowest BCUT2D eigenvalue weighted by atomic mass is 10.1. The van der Waals surface area contributed by atoms with Gasteiger partial charge in [0.25, 0.3) is 0 Å². The fourth-order valence-corrected chi connectivity index (χ4v) is 3.87. The molecular formula is C19H28N3O2S+. The van der Waals surface area contributed by atoms with Crippen molar-refractivity contribution in [3.63, 3.8) is 0 Å². The second-order valence-electron chi connectivity index (χ2n) is 6.78. The Bertz CT molecular complexity index is 800. The first-order chi connectivity index (χ1) is 11.7. The molecule has 136 valence electrons. The van der Waals surface area contributed by atoms with Crippen LogP contribution < -0.4 is 14.5 Å². The SMILES string of the molecule is Cc1cccc(S(=O)(=O)NC[C@@H](c2ccc(N(C)C)cc2)[NH+](C)C)c1. The molecule has 0 saturated heterocycles. The molecule has 0 unspecified atom stereocenters. The van der Waals surface area contributed by atoms with Gasteiger partial charge in [-0.15, -0.1) is 0 Å². The third-order valence-electron chi connectivity index (χ3n) is 4.29. The van der Waals surface area contributed by atoms with Crippen LogP contribution in [0.1, 0.15) is 17.2 Å². The van der Waals surface area contributed by atoms with E-state index in [1.807, 2.05) is 46.1 Å². The van der Waals surface area contributed by atoms with Crippen LogP contribution in [0, 0.1) is 6.92 Å². The lowest BCUT2D eigenvalue weighted by Gasteiger charge is -2.23. The van der Waals surface area contributed by atoms with Gasteiger partial charge in [-0.25, -0.2) is 13.1 Å². The van der Waals surface area contributed by atoms with Crippen molar-refractivity contribution in [3.05, 3.63) is 59.7 Å². The zero-order valence-corrected chi connectivity index (χ0v) is 16.4. The van der Waals surface area contributed by atoms with Gasteiger partial charge in [-0.3, -0.25) is 0 Å². The lowest BCUT2D eigenvalue weighted by molar-refractivity contribution is -0.890. The summed E-state index contributed by atoms with van der Waals surface area (Å²) in [5, 5.41) is 0. The Morgan fingerprint density at radius 1 is 1.08 bits per heavy atom. The summed E-state index contributed by atoms with van der Waals surface area (Å²) in [5.41, 5.74) is 3.16. The first kappa shape index (κ1) is 19.4. The topological polar surface area (TPSA) is 53.9 Å². The van der Waals surface area contributed by atoms with Crippen LogP contribution in [0.5, 0.6) is 0 Å². The summed E-state index contributed by atoms with van der Waals surface area (Å²) in [5.74, 6) is 0. The maximum Gasteiger partial charge on any atom is 0.240 e. The molecule has 0 aromatic heterocycles. The quantitative estimate of drug-likeness (QED) is 0.779. The van der Waals surface area contributed by atoms with E-state index in [1.54, 1.807) is 18.2 Å². The van der Waals surface area contributed by atoms with E-state index in [1.165, 1.54) is 4.90 Å². The minimum absolute atomic E-state index is 0.0378. The van der Waals surface area contributed by atoms with E-state index in [-0.39, 0.29) is 6.04 Å². The van der Waals surface area contributed by atoms with Gasteiger partial charge in [-0.05, 0) is 36.8 Å². The van der Waals surface area contributed by atoms with Gasteiger partial charge in [0.15, 0.2) is 0 Å². The van der Waals surface area contributed by atoms with Crippen LogP contribution in [0.4, 0.5) is 5.69 Å². The molecule has 0 aliphatic rings. The number of hydrogen-bond acceptors (Lipinski definition) is 3. The highest BCUT2D eigenvalue weighted by Crippen LogP contribution is 2.17. The standard InChI is InChI=1S/C19H27N3O2S/c1-15-7-6-8-18(13-15)25(23,24)20-14-19(22(4)5)16-9-11-17(12-10-16)21(2)3/h6-13,19-20H,14H2,1-5H3/p+1/t19-/m0/s1. The van der Waals surface area contributed by atoms with Crippen molar-refractivity contribution in [1.29, 1.82) is 0 Å². The van der Waals surface area contributed by atoms with Gasteiger partial charge in [0.05, 0.1) is 25.5 Å². The molecule has 0 radical (unpaired) electrons. The molecule has 5 nitrogen and oxygen atoms in total. The van der Waals surface area contributed by atoms with Crippen molar-refractivity contribution >= 4 is 15.7 Å². The molecule has 0 fully saturated rings. The van der Waals surface area contributed by atoms with Crippen molar-refractivity contribution in [3.8, 4) is 0 Å². The zero-order chi connectivity index (χ0) is 18.6. The predicted molar refractivity (Wildman–Crippen MR) is 103 cm³/mol. The second kappa shape index (κ2) is 7.99. The Balaban J connectivity index is 2.17. The van der Waals surface area contributed by atoms with Gasteiger partial charge < -0.3 is 9.80 Å². The van der Waals surface area contributed by atoms with Crippen molar-refractivity contribution < 1.29 is 13.3 Å². The number of likely N-dealkylation sites (N-methyl/N-ethyl adjacent to an activating group) is 1. The van der Waals surface area contributed by atoms with Crippen molar-refractivity contribution in [2.75, 3.05) is 39.6 Å². The highest BCUT2D eigenvalue weighted by atomic mass is 32.2. The van der Waals surface area contributed by atoms with E-state index < -0.39 is 10.0 Å². The number of sulfonamides is 1. The minimum Gasteiger partial charge on any atom is -0.378 e. The largest absolute Gasteiger partial charge is 0.378 e. The molecule has 2 aromatic rings. The van der Waals surface area contributed by atoms with Crippen molar-refractivity contribution in [2.24, 2.45) is 0 Å². The van der Waals surface area contributed by atoms with Crippen molar-refractivity contribution in [1.82, 2.24) is 4.72 Å². The van der Waals surface area contributed by atoms with E-state index in [2.05, 4.69) is 29.0 Å². The maximum atomic E-state index is 12.6. The van der Waals surface area contributed by atoms with Gasteiger partial charge in [-0.2, -0.15) is 0 Å². The number of aryl methyl sites for hydroxylation is 1. The second-order valence-corrected chi connectivity index (χ2v) is 8.55. The number of quaternary nitrogens is 1. The van der Waals surface area contributed by atoms with Gasteiger partial charge >= 0.3 is 0 Å². The van der Waals surface area contributed by atoms with E-state index in [0.29, 0.717) is 11.4 Å². The number of benzene rings is 2. The molecule has 0 aliphatic carbocycles. The normalized spacial score (nSPS) is 13.0. The molecule has 0 spiro atoms. The Morgan fingerprint density at radius 3 is 2.24 bits per heavy atom. The van der Waals surface area contributed by atoms with Crippen LogP contribution in [0.2, 0.25) is 0 Å². The zero-order valence-electron chi connectivity index (χ0n) is 15.6. The van der Waals surface area contributed by atoms with Crippen LogP contribution in [-0.4, -0.2) is 43.2 Å². The van der Waals surface area contributed by atoms with E-state index >= 15 is 0 Å². The number of nitrogens with zero attached hydrogens (tertiary/aromatic N) is 1. The molecule has 0 saturated carbocycles. The van der Waals surface area contributed by atoms with Gasteiger partial charge in [0.2, 0.25) is 10.0 Å². The molecule has 0 amide bonds. The fraction of sp³-hybridized carbons (Fsp3) is 0.368. The molecule has 25 heavy (non-hydrogen) atoms. The number of rotatable bonds is 7. The van der Waals surface area contributed by atoms with Gasteiger partial charge in [-0.1, -0.05) is 24.3 Å². The van der Waals surface area contributed by atoms with Crippen LogP contribution in [-0.2, 0) is 10.0 Å². The van der Waals surface area contributed by atoms with Gasteiger partial charge in [0.1, 0.15) is 6.04 Å². The predicted octanol–water partition coefficient (Wildman–Crippen LogP) is 1.23. The Labute approximate surface area is 151 Å². The molecular weight excluding hydrogens is 334 g/mol. The van der Waals surface area contributed by atoms with Crippen LogP contribution in [0.25, 0.3) is 0 Å². The first-order valence-corrected chi connectivity index (χ1v) is 9.82. The van der Waals surface area contributed by atoms with Crippen LogP contribution >= 0.6 is 0 Å². The fourth-order valence-electron chi connectivity index (χ4n) is 2.72. The van der Waals surface area contributed by atoms with E-state index in [4.69, 9.17) is 0 Å². The molecule has 0 bridgehead atoms. The molecule has 0 heterocycles. The van der Waals surface area contributed by atoms with E-state index in [9.17, 15) is 8.42 Å². The molecule has 1 atom stereocenters. The molecule has 2 N–H and O–H groups in total. The van der Waals surface area contributed by atoms with Gasteiger partial charge in [0, 0.05) is 25.3 Å². The summed E-state index contributed by atoms with van der Waals surface area (Å²) < 4.78 is 27.9. The molecule has 2 rings (SSSR count). The molecule has 2 aromatic carbocycles. The Hall–Kier alpha value is -1.89. The average molecular weight is 363 g/mol. The average Bonchev–Trinajstić information content (AvgIpc) is 2.55. The number of anilines is 1. The molecule has 0 aliphatic heterocycles. The monoisotopic (exact) mass is 362 g/mol. The Morgan fingerprint density at radius 2 is 1.72 bits per heavy atom. The summed E-state index contributed by atoms with van der Waals surface area (Å²) in [4.78, 5) is 3.52. The highest BCUT2D eigenvalue weighted by molar-refractivity contribution is 7.89. The Kier molecular flexibility index (Phi) is 6.21. The van der Waals surface area contributed by atoms with Crippen LogP contribution in [0.3, 0.4) is 0 Å². The third kappa shape index (κ3) is 5.04. The van der Waals surface area contributed by atoms with Crippen molar-refractivity contribution in [2.45, 2.75) is 17.9 Å². The maximum absolute atomic E-state index is 12.6. The lowest BCUT2D eigenvalue weighted by Crippen LogP contribution is -3.07. The third-order valence-corrected chi connectivity index (χ3v) is 5.71. The smallest absolute Gasteiger partial charge is 0.240 e. The summed E-state index contributed by atoms with van der Waals surface area (Å²) in [6.45, 7) is 2.23. The number of hydrogen-bond donors (Lipinski definition) is 2. The summed E-state index contributed by atoms with van der Waals surface area (Å²) in [7, 11) is 4.55.